The molecular formula is C40H68N6O10. The van der Waals surface area contributed by atoms with Crippen LogP contribution >= 0.6 is 0 Å². The van der Waals surface area contributed by atoms with Crippen molar-refractivity contribution in [2.45, 2.75) is 131 Å². The molecule has 2 atom stereocenters. The first kappa shape index (κ1) is 49.9. The maximum Gasteiger partial charge on any atom is 0.407 e. The molecule has 0 radical (unpaired) electrons. The van der Waals surface area contributed by atoms with Crippen molar-refractivity contribution in [2.24, 2.45) is 11.8 Å². The average molecular weight is 793 g/mol. The first-order valence-electron chi connectivity index (χ1n) is 19.6. The molecule has 0 saturated carbocycles. The number of ketones is 2. The van der Waals surface area contributed by atoms with E-state index in [-0.39, 0.29) is 48.2 Å². The molecule has 1 aromatic carbocycles. The van der Waals surface area contributed by atoms with Crippen LogP contribution < -0.4 is 32.2 Å². The molecule has 318 valence electrons. The number of hydrogen-bond donors (Lipinski definition) is 6. The fourth-order valence-corrected chi connectivity index (χ4v) is 4.79. The highest BCUT2D eigenvalue weighted by Crippen LogP contribution is 2.11. The van der Waals surface area contributed by atoms with Gasteiger partial charge in [-0.05, 0) is 111 Å². The molecule has 0 aliphatic carbocycles. The lowest BCUT2D eigenvalue weighted by Gasteiger charge is -2.20. The van der Waals surface area contributed by atoms with Gasteiger partial charge in [0.25, 0.3) is 11.8 Å². The molecule has 16 heteroatoms. The van der Waals surface area contributed by atoms with E-state index in [1.165, 1.54) is 12.1 Å². The molecule has 6 N–H and O–H groups in total. The van der Waals surface area contributed by atoms with Gasteiger partial charge in [-0.1, -0.05) is 39.8 Å². The van der Waals surface area contributed by atoms with Crippen LogP contribution in [0.25, 0.3) is 0 Å². The van der Waals surface area contributed by atoms with E-state index in [2.05, 4.69) is 32.2 Å². The molecule has 0 aromatic heterocycles. The van der Waals surface area contributed by atoms with Gasteiger partial charge < -0.3 is 30.7 Å². The topological polar surface area (TPSA) is 212 Å². The van der Waals surface area contributed by atoms with Gasteiger partial charge in [-0.2, -0.15) is 5.48 Å². The van der Waals surface area contributed by atoms with E-state index >= 15 is 0 Å². The zero-order valence-corrected chi connectivity index (χ0v) is 35.2. The molecule has 56 heavy (non-hydrogen) atoms. The van der Waals surface area contributed by atoms with E-state index in [1.807, 2.05) is 27.7 Å². The van der Waals surface area contributed by atoms with Gasteiger partial charge in [0.1, 0.15) is 17.3 Å². The SMILES string of the molecule is CC(C)CNCC(=O)[C@@H](CCCCNC(=O)OC(C)(C)C)ONCC(=O)c1cccc(C(=O)NO[C@H](CCCCNC(=O)OC(C)(C)C)C(=O)NCC(C)C)c1. The maximum absolute atomic E-state index is 13.1. The second-order valence-electron chi connectivity index (χ2n) is 16.4. The Morgan fingerprint density at radius 3 is 1.71 bits per heavy atom. The number of unbranched alkanes of at least 4 members (excludes halogenated alkanes) is 2. The normalized spacial score (nSPS) is 12.8. The zero-order chi connectivity index (χ0) is 42.3. The van der Waals surface area contributed by atoms with E-state index in [1.54, 1.807) is 53.7 Å². The van der Waals surface area contributed by atoms with Crippen molar-refractivity contribution in [1.82, 2.24) is 32.2 Å². The third-order valence-electron chi connectivity index (χ3n) is 7.51. The molecule has 1 aromatic rings. The monoisotopic (exact) mass is 792 g/mol. The number of carbonyl (C=O) groups is 6. The average Bonchev–Trinajstić information content (AvgIpc) is 3.08. The van der Waals surface area contributed by atoms with Crippen LogP contribution in [-0.2, 0) is 28.7 Å². The smallest absolute Gasteiger partial charge is 0.407 e. The Bertz CT molecular complexity index is 1390. The number of hydroxylamine groups is 2. The van der Waals surface area contributed by atoms with Crippen molar-refractivity contribution in [2.75, 3.05) is 39.3 Å². The summed E-state index contributed by atoms with van der Waals surface area (Å²) in [5.41, 5.74) is 4.09. The number of rotatable bonds is 26. The fourth-order valence-electron chi connectivity index (χ4n) is 4.79. The molecule has 0 fully saturated rings. The molecule has 1 rings (SSSR count). The molecule has 0 bridgehead atoms. The van der Waals surface area contributed by atoms with Crippen LogP contribution in [0.3, 0.4) is 0 Å². The molecule has 0 aliphatic rings. The molecule has 0 saturated heterocycles. The summed E-state index contributed by atoms with van der Waals surface area (Å²) in [6, 6.07) is 6.00. The van der Waals surface area contributed by atoms with Gasteiger partial charge in [-0.25, -0.2) is 15.1 Å². The third-order valence-corrected chi connectivity index (χ3v) is 7.51. The van der Waals surface area contributed by atoms with Crippen molar-refractivity contribution in [3.05, 3.63) is 35.4 Å². The second-order valence-corrected chi connectivity index (χ2v) is 16.4. The van der Waals surface area contributed by atoms with Crippen LogP contribution in [0.2, 0.25) is 0 Å². The summed E-state index contributed by atoms with van der Waals surface area (Å²) < 4.78 is 10.5. The Morgan fingerprint density at radius 2 is 1.18 bits per heavy atom. The van der Waals surface area contributed by atoms with Crippen LogP contribution in [0.5, 0.6) is 0 Å². The molecule has 0 heterocycles. The van der Waals surface area contributed by atoms with Crippen molar-refractivity contribution in [3.8, 4) is 0 Å². The number of nitrogens with one attached hydrogen (secondary N) is 6. The van der Waals surface area contributed by atoms with Crippen molar-refractivity contribution in [3.63, 3.8) is 0 Å². The predicted octanol–water partition coefficient (Wildman–Crippen LogP) is 4.77. The minimum atomic E-state index is -0.997. The van der Waals surface area contributed by atoms with Crippen LogP contribution in [0.15, 0.2) is 24.3 Å². The van der Waals surface area contributed by atoms with Crippen molar-refractivity contribution >= 4 is 35.6 Å². The number of amides is 4. The summed E-state index contributed by atoms with van der Waals surface area (Å²) in [6.45, 7) is 20.2. The Morgan fingerprint density at radius 1 is 0.643 bits per heavy atom. The Kier molecular flexibility index (Phi) is 23.1. The minimum absolute atomic E-state index is 0.0966. The van der Waals surface area contributed by atoms with Gasteiger partial charge in [0.15, 0.2) is 17.7 Å². The molecular weight excluding hydrogens is 724 g/mol. The lowest BCUT2D eigenvalue weighted by molar-refractivity contribution is -0.137. The Balaban J connectivity index is 2.77. The van der Waals surface area contributed by atoms with Gasteiger partial charge in [-0.15, -0.1) is 0 Å². The lowest BCUT2D eigenvalue weighted by atomic mass is 10.1. The summed E-state index contributed by atoms with van der Waals surface area (Å²) in [5.74, 6) is -1.07. The number of carbonyl (C=O) groups excluding carboxylic acids is 6. The molecule has 0 unspecified atom stereocenters. The number of hydrogen-bond acceptors (Lipinski definition) is 12. The fraction of sp³-hybridized carbons (Fsp3) is 0.700. The molecule has 4 amide bonds. The van der Waals surface area contributed by atoms with Crippen LogP contribution in [0.4, 0.5) is 9.59 Å². The van der Waals surface area contributed by atoms with E-state index in [9.17, 15) is 28.8 Å². The summed E-state index contributed by atoms with van der Waals surface area (Å²) in [6.07, 6.45) is -0.0525. The summed E-state index contributed by atoms with van der Waals surface area (Å²) in [5, 5.41) is 11.3. The van der Waals surface area contributed by atoms with Gasteiger partial charge in [0.05, 0.1) is 13.1 Å². The largest absolute Gasteiger partial charge is 0.444 e. The van der Waals surface area contributed by atoms with Gasteiger partial charge in [-0.3, -0.25) is 28.9 Å². The molecule has 0 aliphatic heterocycles. The lowest BCUT2D eigenvalue weighted by Crippen LogP contribution is -2.42. The van der Waals surface area contributed by atoms with Crippen LogP contribution in [0.1, 0.15) is 128 Å². The predicted molar refractivity (Wildman–Crippen MR) is 213 cm³/mol. The van der Waals surface area contributed by atoms with Crippen molar-refractivity contribution < 1.29 is 47.9 Å². The van der Waals surface area contributed by atoms with Gasteiger partial charge in [0, 0.05) is 30.8 Å². The standard InChI is InChI=1S/C40H68N6O10/c1-27(2)23-41-25-32(48)33(18-11-13-20-42-37(51)53-39(5,6)7)55-45-26-31(47)29-16-15-17-30(22-29)35(49)46-56-34(36(50)44-24-28(3)4)19-12-14-21-43-38(52)54-40(8,9)10/h15-17,22,27-28,33-34,41,45H,11-14,18-21,23-26H2,1-10H3,(H,42,51)(H,43,52)(H,44,50)(H,46,49)/t33-,34-/m1/s1. The Labute approximate surface area is 332 Å². The minimum Gasteiger partial charge on any atom is -0.444 e. The third kappa shape index (κ3) is 24.4. The van der Waals surface area contributed by atoms with Gasteiger partial charge >= 0.3 is 12.2 Å². The maximum atomic E-state index is 13.1. The summed E-state index contributed by atoms with van der Waals surface area (Å²) >= 11 is 0. The van der Waals surface area contributed by atoms with E-state index in [0.29, 0.717) is 64.2 Å². The van der Waals surface area contributed by atoms with Crippen LogP contribution in [0, 0.1) is 11.8 Å². The highest BCUT2D eigenvalue weighted by Gasteiger charge is 2.23. The molecule has 16 nitrogen and oxygen atoms in total. The number of benzene rings is 1. The number of alkyl carbamates (subject to hydrolysis) is 2. The first-order chi connectivity index (χ1) is 26.2. The second kappa shape index (κ2) is 25.9. The zero-order valence-electron chi connectivity index (χ0n) is 35.2. The Hall–Kier alpha value is -4.12. The van der Waals surface area contributed by atoms with Crippen molar-refractivity contribution in [1.29, 1.82) is 0 Å². The van der Waals surface area contributed by atoms with E-state index in [4.69, 9.17) is 19.1 Å². The van der Waals surface area contributed by atoms with Crippen LogP contribution in [-0.4, -0.2) is 98.2 Å². The highest BCUT2D eigenvalue weighted by atomic mass is 16.7. The molecule has 0 spiro atoms. The van der Waals surface area contributed by atoms with Gasteiger partial charge in [0.2, 0.25) is 0 Å². The van der Waals surface area contributed by atoms with E-state index < -0.39 is 47.3 Å². The highest BCUT2D eigenvalue weighted by molar-refractivity contribution is 6.01. The number of ether oxygens (including phenoxy) is 2. The van der Waals surface area contributed by atoms with E-state index in [0.717, 1.165) is 0 Å². The summed E-state index contributed by atoms with van der Waals surface area (Å²) in [7, 11) is 0. The first-order valence-corrected chi connectivity index (χ1v) is 19.6. The quantitative estimate of drug-likeness (QED) is 0.0426. The summed E-state index contributed by atoms with van der Waals surface area (Å²) in [4.78, 5) is 87.2. The number of Topliss-reactive ketones (excluding diaryl/α,β-unsaturated/α-hetero) is 2.